The molecule has 1 unspecified atom stereocenters. The summed E-state index contributed by atoms with van der Waals surface area (Å²) >= 11 is 1.59. The fraction of sp³-hybridized carbons (Fsp3) is 0.438. The van der Waals surface area contributed by atoms with Gasteiger partial charge >= 0.3 is 0 Å². The number of hydrogen-bond acceptors (Lipinski definition) is 7. The van der Waals surface area contributed by atoms with E-state index in [1.54, 1.807) is 22.9 Å². The number of hydrogen-bond donors (Lipinski definition) is 1. The van der Waals surface area contributed by atoms with E-state index in [4.69, 9.17) is 10.5 Å². The molecule has 0 bridgehead atoms. The summed E-state index contributed by atoms with van der Waals surface area (Å²) in [6, 6.07) is 1.84. The average Bonchev–Trinajstić information content (AvgIpc) is 3.12. The van der Waals surface area contributed by atoms with Crippen LogP contribution in [-0.4, -0.2) is 65.1 Å². The predicted octanol–water partition coefficient (Wildman–Crippen LogP) is 0.493. The molecule has 8 heteroatoms. The molecule has 7 nitrogen and oxygen atoms in total. The monoisotopic (exact) mass is 345 g/mol. The fourth-order valence-corrected chi connectivity index (χ4v) is 4.38. The van der Waals surface area contributed by atoms with Crippen molar-refractivity contribution in [1.82, 2.24) is 19.8 Å². The molecule has 1 fully saturated rings. The lowest BCUT2D eigenvalue weighted by molar-refractivity contribution is -0.123. The molecule has 0 aliphatic carbocycles. The molecule has 1 aromatic heterocycles. The maximum Gasteiger partial charge on any atom is 0.260 e. The van der Waals surface area contributed by atoms with Crippen molar-refractivity contribution in [2.75, 3.05) is 39.4 Å². The van der Waals surface area contributed by atoms with Gasteiger partial charge in [-0.25, -0.2) is 9.97 Å². The first-order chi connectivity index (χ1) is 11.7. The Morgan fingerprint density at radius 3 is 2.88 bits per heavy atom. The minimum Gasteiger partial charge on any atom is -0.400 e. The van der Waals surface area contributed by atoms with Crippen molar-refractivity contribution in [2.45, 2.75) is 5.25 Å². The number of nitrogens with zero attached hydrogens (tertiary/aromatic N) is 4. The van der Waals surface area contributed by atoms with Gasteiger partial charge in [0.1, 0.15) is 6.33 Å². The molecular formula is C16H19N5O2S. The molecular weight excluding hydrogens is 326 g/mol. The molecule has 4 rings (SSSR count). The summed E-state index contributed by atoms with van der Waals surface area (Å²) in [5.41, 5.74) is 8.35. The first kappa shape index (κ1) is 15.6. The summed E-state index contributed by atoms with van der Waals surface area (Å²) in [5, 5.41) is -0.0976. The Morgan fingerprint density at radius 1 is 1.33 bits per heavy atom. The van der Waals surface area contributed by atoms with E-state index in [0.29, 0.717) is 17.8 Å². The van der Waals surface area contributed by atoms with Gasteiger partial charge in [-0.1, -0.05) is 0 Å². The summed E-state index contributed by atoms with van der Waals surface area (Å²) in [7, 11) is 0. The van der Waals surface area contributed by atoms with Crippen LogP contribution in [0.1, 0.15) is 10.9 Å². The third-order valence-corrected chi connectivity index (χ3v) is 5.74. The van der Waals surface area contributed by atoms with E-state index in [2.05, 4.69) is 14.9 Å². The van der Waals surface area contributed by atoms with Crippen LogP contribution >= 0.6 is 11.8 Å². The van der Waals surface area contributed by atoms with Gasteiger partial charge in [-0.3, -0.25) is 9.69 Å². The molecule has 1 atom stereocenters. The van der Waals surface area contributed by atoms with Crippen molar-refractivity contribution in [3.05, 3.63) is 46.7 Å². The maximum absolute atomic E-state index is 12.7. The Morgan fingerprint density at radius 2 is 2.17 bits per heavy atom. The number of rotatable bonds is 4. The first-order valence-electron chi connectivity index (χ1n) is 7.99. The molecule has 1 saturated heterocycles. The van der Waals surface area contributed by atoms with Crippen LogP contribution in [-0.2, 0) is 9.53 Å². The molecule has 1 aromatic rings. The largest absolute Gasteiger partial charge is 0.400 e. The van der Waals surface area contributed by atoms with Crippen molar-refractivity contribution in [1.29, 1.82) is 0 Å². The fourth-order valence-electron chi connectivity index (χ4n) is 3.11. The second-order valence-corrected chi connectivity index (χ2v) is 7.06. The Kier molecular flexibility index (Phi) is 4.26. The quantitative estimate of drug-likeness (QED) is 0.850. The zero-order chi connectivity index (χ0) is 16.5. The maximum atomic E-state index is 12.7. The topological polar surface area (TPSA) is 84.6 Å². The van der Waals surface area contributed by atoms with Crippen LogP contribution in [0.3, 0.4) is 0 Å². The van der Waals surface area contributed by atoms with Gasteiger partial charge in [0.05, 0.1) is 29.7 Å². The van der Waals surface area contributed by atoms with Gasteiger partial charge in [-0.2, -0.15) is 0 Å². The highest BCUT2D eigenvalue weighted by molar-refractivity contribution is 8.04. The number of aromatic nitrogens is 2. The molecule has 126 valence electrons. The predicted molar refractivity (Wildman–Crippen MR) is 90.6 cm³/mol. The van der Waals surface area contributed by atoms with Crippen LogP contribution in [0.25, 0.3) is 0 Å². The van der Waals surface area contributed by atoms with Gasteiger partial charge in [0, 0.05) is 49.2 Å². The molecule has 0 aromatic carbocycles. The molecule has 4 heterocycles. The molecule has 0 spiro atoms. The van der Waals surface area contributed by atoms with Gasteiger partial charge in [0.25, 0.3) is 5.91 Å². The standard InChI is InChI=1S/C16H19N5O2S/c17-14-13-12(24-15(14)11-1-2-18-10-19-11)9-21(16(13)22)4-3-20-5-7-23-8-6-20/h1-2,9-10,15H,3-8,17H2. The minimum atomic E-state index is -0.0976. The summed E-state index contributed by atoms with van der Waals surface area (Å²) < 4.78 is 5.35. The van der Waals surface area contributed by atoms with Crippen LogP contribution in [0.5, 0.6) is 0 Å². The Bertz CT molecular complexity index is 700. The number of fused-ring (bicyclic) bond motifs is 1. The van der Waals surface area contributed by atoms with Crippen LogP contribution in [0.15, 0.2) is 41.0 Å². The van der Waals surface area contributed by atoms with Crippen molar-refractivity contribution >= 4 is 17.7 Å². The van der Waals surface area contributed by atoms with Gasteiger partial charge in [-0.15, -0.1) is 11.8 Å². The lowest BCUT2D eigenvalue weighted by atomic mass is 10.1. The second-order valence-electron chi connectivity index (χ2n) is 5.91. The average molecular weight is 345 g/mol. The van der Waals surface area contributed by atoms with E-state index in [1.807, 2.05) is 12.3 Å². The highest BCUT2D eigenvalue weighted by atomic mass is 32.2. The van der Waals surface area contributed by atoms with Crippen molar-refractivity contribution < 1.29 is 9.53 Å². The van der Waals surface area contributed by atoms with E-state index >= 15 is 0 Å². The number of carbonyl (C=O) groups is 1. The molecule has 24 heavy (non-hydrogen) atoms. The number of nitrogens with two attached hydrogens (primary N) is 1. The first-order valence-corrected chi connectivity index (χ1v) is 8.87. The zero-order valence-corrected chi connectivity index (χ0v) is 14.0. The highest BCUT2D eigenvalue weighted by Crippen LogP contribution is 2.51. The van der Waals surface area contributed by atoms with E-state index in [9.17, 15) is 4.79 Å². The van der Waals surface area contributed by atoms with Crippen LogP contribution in [0, 0.1) is 0 Å². The summed E-state index contributed by atoms with van der Waals surface area (Å²) in [6.07, 6.45) is 5.13. The van der Waals surface area contributed by atoms with Crippen molar-refractivity contribution in [3.8, 4) is 0 Å². The van der Waals surface area contributed by atoms with Gasteiger partial charge in [0.15, 0.2) is 0 Å². The molecule has 2 N–H and O–H groups in total. The normalized spacial score (nSPS) is 24.5. The van der Waals surface area contributed by atoms with Crippen LogP contribution in [0.4, 0.5) is 0 Å². The van der Waals surface area contributed by atoms with Crippen molar-refractivity contribution in [2.24, 2.45) is 5.73 Å². The SMILES string of the molecule is NC1=C2C(=O)N(CCN3CCOCC3)C=C2SC1c1ccncn1. The molecule has 3 aliphatic rings. The third-order valence-electron chi connectivity index (χ3n) is 4.44. The molecule has 0 radical (unpaired) electrons. The van der Waals surface area contributed by atoms with Crippen molar-refractivity contribution in [3.63, 3.8) is 0 Å². The smallest absolute Gasteiger partial charge is 0.260 e. The van der Waals surface area contributed by atoms with Gasteiger partial charge < -0.3 is 15.4 Å². The number of thioether (sulfide) groups is 1. The Labute approximate surface area is 144 Å². The third kappa shape index (κ3) is 2.81. The second kappa shape index (κ2) is 6.54. The van der Waals surface area contributed by atoms with Crippen LogP contribution < -0.4 is 5.73 Å². The highest BCUT2D eigenvalue weighted by Gasteiger charge is 2.40. The minimum absolute atomic E-state index is 0.000171. The van der Waals surface area contributed by atoms with E-state index < -0.39 is 0 Å². The zero-order valence-electron chi connectivity index (χ0n) is 13.2. The van der Waals surface area contributed by atoms with Crippen LogP contribution in [0.2, 0.25) is 0 Å². The van der Waals surface area contributed by atoms with E-state index in [0.717, 1.165) is 43.4 Å². The lowest BCUT2D eigenvalue weighted by Gasteiger charge is -2.28. The summed E-state index contributed by atoms with van der Waals surface area (Å²) in [4.78, 5) is 25.9. The van der Waals surface area contributed by atoms with Gasteiger partial charge in [-0.05, 0) is 6.07 Å². The Balaban J connectivity index is 1.45. The molecule has 3 aliphatic heterocycles. The lowest BCUT2D eigenvalue weighted by Crippen LogP contribution is -2.41. The molecule has 1 amide bonds. The number of amides is 1. The number of carbonyl (C=O) groups excluding carboxylic acids is 1. The van der Waals surface area contributed by atoms with E-state index in [-0.39, 0.29) is 11.2 Å². The number of ether oxygens (including phenoxy) is 1. The summed E-state index contributed by atoms with van der Waals surface area (Å²) in [5.74, 6) is -0.000171. The summed E-state index contributed by atoms with van der Waals surface area (Å²) in [6.45, 7) is 4.92. The van der Waals surface area contributed by atoms with Gasteiger partial charge in [0.2, 0.25) is 0 Å². The number of morpholine rings is 1. The Hall–Kier alpha value is -1.90. The van der Waals surface area contributed by atoms with E-state index in [1.165, 1.54) is 6.33 Å². The molecule has 0 saturated carbocycles.